The maximum absolute atomic E-state index is 13.3. The lowest BCUT2D eigenvalue weighted by atomic mass is 9.86. The van der Waals surface area contributed by atoms with Crippen molar-refractivity contribution in [1.29, 1.82) is 0 Å². The number of carboxylic acid groups (broad SMARTS) is 1. The maximum Gasteiger partial charge on any atom is 0.323 e. The normalized spacial score (nSPS) is 16.8. The summed E-state index contributed by atoms with van der Waals surface area (Å²) in [5.74, 6) is -3.87. The van der Waals surface area contributed by atoms with Crippen molar-refractivity contribution in [2.75, 3.05) is 20.8 Å². The average Bonchev–Trinajstić information content (AvgIpc) is 2.59. The zero-order valence-electron chi connectivity index (χ0n) is 14.8. The van der Waals surface area contributed by atoms with Crippen LogP contribution in [-0.2, 0) is 16.1 Å². The first-order chi connectivity index (χ1) is 12.2. The summed E-state index contributed by atoms with van der Waals surface area (Å²) in [5, 5.41) is 9.13. The van der Waals surface area contributed by atoms with Gasteiger partial charge in [-0.1, -0.05) is 0 Å². The molecule has 1 aromatic carbocycles. The lowest BCUT2D eigenvalue weighted by Gasteiger charge is -2.31. The van der Waals surface area contributed by atoms with Crippen LogP contribution in [0.5, 0.6) is 11.5 Å². The van der Waals surface area contributed by atoms with Crippen LogP contribution in [0.4, 0.5) is 8.78 Å². The Labute approximate surface area is 150 Å². The molecule has 0 saturated heterocycles. The molecule has 8 heteroatoms. The van der Waals surface area contributed by atoms with Gasteiger partial charge in [0.25, 0.3) is 0 Å². The second kappa shape index (κ2) is 8.33. The van der Waals surface area contributed by atoms with Crippen LogP contribution in [0, 0.1) is 5.92 Å². The van der Waals surface area contributed by atoms with Gasteiger partial charge in [0.15, 0.2) is 0 Å². The number of rotatable bonds is 7. The number of alkyl halides is 2. The Bertz CT molecular complexity index is 633. The van der Waals surface area contributed by atoms with Gasteiger partial charge in [-0.3, -0.25) is 9.59 Å². The third-order valence-corrected chi connectivity index (χ3v) is 4.49. The maximum atomic E-state index is 13.3. The number of carbonyl (C=O) groups is 2. The molecule has 6 nitrogen and oxygen atoms in total. The van der Waals surface area contributed by atoms with E-state index < -0.39 is 30.3 Å². The van der Waals surface area contributed by atoms with Crippen molar-refractivity contribution in [1.82, 2.24) is 4.90 Å². The van der Waals surface area contributed by atoms with Crippen LogP contribution in [-0.4, -0.2) is 48.6 Å². The van der Waals surface area contributed by atoms with Crippen LogP contribution in [0.25, 0.3) is 0 Å². The predicted octanol–water partition coefficient (Wildman–Crippen LogP) is 2.94. The number of aliphatic carboxylic acids is 1. The second-order valence-corrected chi connectivity index (χ2v) is 6.44. The van der Waals surface area contributed by atoms with E-state index in [9.17, 15) is 18.4 Å². The van der Waals surface area contributed by atoms with Crippen molar-refractivity contribution in [3.63, 3.8) is 0 Å². The van der Waals surface area contributed by atoms with Gasteiger partial charge in [0, 0.05) is 31.4 Å². The van der Waals surface area contributed by atoms with E-state index in [4.69, 9.17) is 14.6 Å². The Morgan fingerprint density at radius 2 is 1.69 bits per heavy atom. The van der Waals surface area contributed by atoms with Crippen LogP contribution in [0.2, 0.25) is 0 Å². The molecule has 1 N–H and O–H groups in total. The van der Waals surface area contributed by atoms with Gasteiger partial charge in [-0.05, 0) is 30.5 Å². The lowest BCUT2D eigenvalue weighted by molar-refractivity contribution is -0.149. The number of amides is 1. The molecule has 144 valence electrons. The van der Waals surface area contributed by atoms with Gasteiger partial charge in [-0.25, -0.2) is 8.78 Å². The van der Waals surface area contributed by atoms with E-state index in [-0.39, 0.29) is 32.2 Å². The Hall–Kier alpha value is -2.38. The van der Waals surface area contributed by atoms with Crippen molar-refractivity contribution in [2.24, 2.45) is 5.92 Å². The van der Waals surface area contributed by atoms with E-state index in [1.165, 1.54) is 19.1 Å². The van der Waals surface area contributed by atoms with Gasteiger partial charge in [0.1, 0.15) is 18.0 Å². The van der Waals surface area contributed by atoms with E-state index in [1.54, 1.807) is 18.2 Å². The highest BCUT2D eigenvalue weighted by atomic mass is 19.3. The van der Waals surface area contributed by atoms with Gasteiger partial charge in [-0.15, -0.1) is 0 Å². The topological polar surface area (TPSA) is 76.1 Å². The molecule has 1 amide bonds. The monoisotopic (exact) mass is 371 g/mol. The Balaban J connectivity index is 2.17. The van der Waals surface area contributed by atoms with Crippen molar-refractivity contribution in [3.05, 3.63) is 23.8 Å². The summed E-state index contributed by atoms with van der Waals surface area (Å²) in [7, 11) is 2.97. The molecule has 0 heterocycles. The molecule has 0 spiro atoms. The highest BCUT2D eigenvalue weighted by Crippen LogP contribution is 2.37. The minimum atomic E-state index is -2.74. The number of ether oxygens (including phenoxy) is 2. The molecule has 1 aliphatic carbocycles. The molecule has 0 radical (unpaired) electrons. The zero-order chi connectivity index (χ0) is 19.3. The SMILES string of the molecule is COc1cc(CN(CC(=O)O)C(=O)C2CCC(F)(F)CC2)cc(OC)c1. The molecule has 0 unspecified atom stereocenters. The molecule has 2 rings (SSSR count). The first-order valence-electron chi connectivity index (χ1n) is 8.34. The summed E-state index contributed by atoms with van der Waals surface area (Å²) < 4.78 is 37.0. The average molecular weight is 371 g/mol. The number of hydrogen-bond acceptors (Lipinski definition) is 4. The third kappa shape index (κ3) is 5.31. The number of methoxy groups -OCH3 is 2. The Morgan fingerprint density at radius 1 is 1.15 bits per heavy atom. The van der Waals surface area contributed by atoms with Gasteiger partial charge in [0.05, 0.1) is 14.2 Å². The van der Waals surface area contributed by atoms with Crippen molar-refractivity contribution in [2.45, 2.75) is 38.2 Å². The molecule has 1 saturated carbocycles. The number of hydrogen-bond donors (Lipinski definition) is 1. The number of carbonyl (C=O) groups excluding carboxylic acids is 1. The van der Waals surface area contributed by atoms with E-state index >= 15 is 0 Å². The van der Waals surface area contributed by atoms with Crippen molar-refractivity contribution >= 4 is 11.9 Å². The van der Waals surface area contributed by atoms with Gasteiger partial charge < -0.3 is 19.5 Å². The van der Waals surface area contributed by atoms with Crippen LogP contribution in [0.15, 0.2) is 18.2 Å². The minimum Gasteiger partial charge on any atom is -0.497 e. The second-order valence-electron chi connectivity index (χ2n) is 6.44. The first-order valence-corrected chi connectivity index (χ1v) is 8.34. The number of nitrogens with zero attached hydrogens (tertiary/aromatic N) is 1. The molecule has 1 aliphatic rings. The molecule has 0 atom stereocenters. The summed E-state index contributed by atoms with van der Waals surface area (Å²) in [5.41, 5.74) is 0.636. The summed E-state index contributed by atoms with van der Waals surface area (Å²) >= 11 is 0. The Kier molecular flexibility index (Phi) is 6.39. The summed E-state index contributed by atoms with van der Waals surface area (Å²) in [4.78, 5) is 25.1. The molecule has 0 aliphatic heterocycles. The first kappa shape index (κ1) is 19.9. The van der Waals surface area contributed by atoms with Gasteiger partial charge in [-0.2, -0.15) is 0 Å². The number of carboxylic acids is 1. The highest BCUT2D eigenvalue weighted by molar-refractivity contribution is 5.83. The molecule has 1 fully saturated rings. The molecule has 26 heavy (non-hydrogen) atoms. The van der Waals surface area contributed by atoms with Gasteiger partial charge >= 0.3 is 5.97 Å². The fourth-order valence-corrected chi connectivity index (χ4v) is 3.10. The molecule has 0 aromatic heterocycles. The fraction of sp³-hybridized carbons (Fsp3) is 0.556. The summed E-state index contributed by atoms with van der Waals surface area (Å²) in [6.45, 7) is -0.461. The highest BCUT2D eigenvalue weighted by Gasteiger charge is 2.38. The fourth-order valence-electron chi connectivity index (χ4n) is 3.10. The third-order valence-electron chi connectivity index (χ3n) is 4.49. The standard InChI is InChI=1S/C18H23F2NO5/c1-25-14-7-12(8-15(9-14)26-2)10-21(11-16(22)23)17(24)13-3-5-18(19,20)6-4-13/h7-9,13H,3-6,10-11H2,1-2H3,(H,22,23). The zero-order valence-corrected chi connectivity index (χ0v) is 14.8. The lowest BCUT2D eigenvalue weighted by Crippen LogP contribution is -2.41. The smallest absolute Gasteiger partial charge is 0.323 e. The molecule has 0 bridgehead atoms. The predicted molar refractivity (Wildman–Crippen MR) is 89.5 cm³/mol. The summed E-state index contributed by atoms with van der Waals surface area (Å²) in [6.07, 6.45) is -0.582. The number of benzene rings is 1. The minimum absolute atomic E-state index is 0.0333. The van der Waals surface area contributed by atoms with Crippen LogP contribution in [0.3, 0.4) is 0 Å². The largest absolute Gasteiger partial charge is 0.497 e. The van der Waals surface area contributed by atoms with Crippen molar-refractivity contribution < 1.29 is 33.0 Å². The van der Waals surface area contributed by atoms with E-state index in [0.717, 1.165) is 0 Å². The summed E-state index contributed by atoms with van der Waals surface area (Å²) in [6, 6.07) is 5.02. The Morgan fingerprint density at radius 3 is 2.15 bits per heavy atom. The molecular weight excluding hydrogens is 348 g/mol. The van der Waals surface area contributed by atoms with E-state index in [0.29, 0.717) is 17.1 Å². The number of halogens is 2. The van der Waals surface area contributed by atoms with Crippen LogP contribution >= 0.6 is 0 Å². The van der Waals surface area contributed by atoms with Crippen LogP contribution < -0.4 is 9.47 Å². The van der Waals surface area contributed by atoms with Gasteiger partial charge in [0.2, 0.25) is 11.8 Å². The van der Waals surface area contributed by atoms with Crippen LogP contribution in [0.1, 0.15) is 31.2 Å². The van der Waals surface area contributed by atoms with Crippen molar-refractivity contribution in [3.8, 4) is 11.5 Å². The van der Waals surface area contributed by atoms with E-state index in [2.05, 4.69) is 0 Å². The van der Waals surface area contributed by atoms with E-state index in [1.807, 2.05) is 0 Å². The molecular formula is C18H23F2NO5. The quantitative estimate of drug-likeness (QED) is 0.798. The molecule has 1 aromatic rings.